The van der Waals surface area contributed by atoms with E-state index in [0.29, 0.717) is 0 Å². The highest BCUT2D eigenvalue weighted by Gasteiger charge is 2.12. The molecule has 1 aromatic carbocycles. The van der Waals surface area contributed by atoms with Crippen molar-refractivity contribution in [3.05, 3.63) is 42.2 Å². The number of nitrogens with zero attached hydrogens (tertiary/aromatic N) is 3. The van der Waals surface area contributed by atoms with Gasteiger partial charge in [0.15, 0.2) is 0 Å². The van der Waals surface area contributed by atoms with Gasteiger partial charge in [-0.15, -0.1) is 5.10 Å². The predicted molar refractivity (Wildman–Crippen MR) is 68.1 cm³/mol. The van der Waals surface area contributed by atoms with E-state index in [-0.39, 0.29) is 6.04 Å². The van der Waals surface area contributed by atoms with Crippen LogP contribution in [-0.4, -0.2) is 21.5 Å². The summed E-state index contributed by atoms with van der Waals surface area (Å²) in [5.74, 6) is 0. The van der Waals surface area contributed by atoms with Gasteiger partial charge in [0, 0.05) is 6.04 Å². The van der Waals surface area contributed by atoms with E-state index in [1.807, 2.05) is 41.2 Å². The topological polar surface area (TPSA) is 42.7 Å². The van der Waals surface area contributed by atoms with Crippen molar-refractivity contribution in [1.29, 1.82) is 0 Å². The van der Waals surface area contributed by atoms with Crippen LogP contribution in [0.1, 0.15) is 32.0 Å². The number of hydrogen-bond donors (Lipinski definition) is 1. The van der Waals surface area contributed by atoms with Crippen molar-refractivity contribution in [2.75, 3.05) is 6.54 Å². The molecule has 0 bridgehead atoms. The summed E-state index contributed by atoms with van der Waals surface area (Å²) < 4.78 is 1.88. The molecule has 1 aromatic heterocycles. The van der Waals surface area contributed by atoms with E-state index < -0.39 is 0 Å². The van der Waals surface area contributed by atoms with Crippen LogP contribution >= 0.6 is 0 Å². The molecule has 4 nitrogen and oxygen atoms in total. The van der Waals surface area contributed by atoms with Gasteiger partial charge in [-0.3, -0.25) is 0 Å². The highest BCUT2D eigenvalue weighted by Crippen LogP contribution is 2.15. The summed E-state index contributed by atoms with van der Waals surface area (Å²) in [5.41, 5.74) is 2.13. The summed E-state index contributed by atoms with van der Waals surface area (Å²) in [4.78, 5) is 0. The Labute approximate surface area is 102 Å². The van der Waals surface area contributed by atoms with Crippen molar-refractivity contribution in [1.82, 2.24) is 20.3 Å². The van der Waals surface area contributed by atoms with E-state index in [2.05, 4.69) is 29.5 Å². The fourth-order valence-electron chi connectivity index (χ4n) is 1.77. The number of rotatable bonds is 5. The van der Waals surface area contributed by atoms with Crippen LogP contribution in [0.5, 0.6) is 0 Å². The van der Waals surface area contributed by atoms with Gasteiger partial charge in [0.1, 0.15) is 0 Å². The lowest BCUT2D eigenvalue weighted by atomic mass is 10.2. The van der Waals surface area contributed by atoms with E-state index in [1.54, 1.807) is 0 Å². The summed E-state index contributed by atoms with van der Waals surface area (Å²) in [6.07, 6.45) is 2.94. The molecule has 0 saturated heterocycles. The van der Waals surface area contributed by atoms with E-state index in [9.17, 15) is 0 Å². The second kappa shape index (κ2) is 5.59. The van der Waals surface area contributed by atoms with Crippen LogP contribution in [0.3, 0.4) is 0 Å². The Hall–Kier alpha value is -1.68. The maximum Gasteiger partial charge on any atom is 0.0812 e. The first-order chi connectivity index (χ1) is 8.33. The Morgan fingerprint density at radius 2 is 2.06 bits per heavy atom. The van der Waals surface area contributed by atoms with Crippen LogP contribution in [0.4, 0.5) is 0 Å². The molecule has 0 aliphatic rings. The Morgan fingerprint density at radius 1 is 1.29 bits per heavy atom. The second-order valence-corrected chi connectivity index (χ2v) is 4.08. The quantitative estimate of drug-likeness (QED) is 0.857. The maximum atomic E-state index is 4.14. The lowest BCUT2D eigenvalue weighted by Gasteiger charge is -2.14. The van der Waals surface area contributed by atoms with E-state index in [0.717, 1.165) is 24.3 Å². The van der Waals surface area contributed by atoms with Crippen LogP contribution < -0.4 is 5.32 Å². The molecule has 0 spiro atoms. The third-order valence-electron chi connectivity index (χ3n) is 2.72. The average molecular weight is 230 g/mol. The van der Waals surface area contributed by atoms with Crippen molar-refractivity contribution in [2.45, 2.75) is 26.3 Å². The van der Waals surface area contributed by atoms with Gasteiger partial charge in [-0.25, -0.2) is 4.68 Å². The van der Waals surface area contributed by atoms with Gasteiger partial charge in [0.25, 0.3) is 0 Å². The molecule has 0 fully saturated rings. The molecule has 90 valence electrons. The zero-order valence-electron chi connectivity index (χ0n) is 10.3. The molecule has 0 aliphatic carbocycles. The van der Waals surface area contributed by atoms with Crippen LogP contribution in [0, 0.1) is 0 Å². The minimum atomic E-state index is 0.255. The third kappa shape index (κ3) is 2.71. The molecule has 17 heavy (non-hydrogen) atoms. The van der Waals surface area contributed by atoms with Crippen molar-refractivity contribution in [2.24, 2.45) is 0 Å². The molecule has 2 rings (SSSR count). The maximum absolute atomic E-state index is 4.14. The van der Waals surface area contributed by atoms with Crippen molar-refractivity contribution in [3.63, 3.8) is 0 Å². The van der Waals surface area contributed by atoms with Crippen LogP contribution in [0.15, 0.2) is 36.5 Å². The normalized spacial score (nSPS) is 12.6. The largest absolute Gasteiger partial charge is 0.309 e. The fourth-order valence-corrected chi connectivity index (χ4v) is 1.77. The summed E-state index contributed by atoms with van der Waals surface area (Å²) in [6, 6.07) is 10.3. The number of para-hydroxylation sites is 1. The van der Waals surface area contributed by atoms with Crippen LogP contribution in [-0.2, 0) is 0 Å². The number of hydrogen-bond acceptors (Lipinski definition) is 3. The first-order valence-electron chi connectivity index (χ1n) is 6.02. The van der Waals surface area contributed by atoms with Gasteiger partial charge >= 0.3 is 0 Å². The second-order valence-electron chi connectivity index (χ2n) is 4.08. The third-order valence-corrected chi connectivity index (χ3v) is 2.72. The minimum Gasteiger partial charge on any atom is -0.309 e. The highest BCUT2D eigenvalue weighted by molar-refractivity contribution is 5.32. The van der Waals surface area contributed by atoms with Gasteiger partial charge in [-0.2, -0.15) is 0 Å². The van der Waals surface area contributed by atoms with Crippen molar-refractivity contribution in [3.8, 4) is 5.69 Å². The standard InChI is InChI=1S/C13H18N4/c1-3-9-14-11(2)13-10-15-16-17(13)12-7-5-4-6-8-12/h4-8,10-11,14H,3,9H2,1-2H3. The van der Waals surface area contributed by atoms with Gasteiger partial charge in [-0.05, 0) is 32.0 Å². The number of benzene rings is 1. The highest BCUT2D eigenvalue weighted by atomic mass is 15.4. The van der Waals surface area contributed by atoms with Gasteiger partial charge in [0.2, 0.25) is 0 Å². The molecule has 4 heteroatoms. The molecule has 1 heterocycles. The molecule has 2 aromatic rings. The van der Waals surface area contributed by atoms with Crippen LogP contribution in [0.25, 0.3) is 5.69 Å². The minimum absolute atomic E-state index is 0.255. The molecule has 0 aliphatic heterocycles. The molecule has 0 amide bonds. The van der Waals surface area contributed by atoms with E-state index in [4.69, 9.17) is 0 Å². The molecule has 0 radical (unpaired) electrons. The average Bonchev–Trinajstić information content (AvgIpc) is 2.86. The molecule has 1 N–H and O–H groups in total. The van der Waals surface area contributed by atoms with Gasteiger partial charge in [0.05, 0.1) is 17.6 Å². The van der Waals surface area contributed by atoms with E-state index >= 15 is 0 Å². The molecule has 1 atom stereocenters. The lowest BCUT2D eigenvalue weighted by molar-refractivity contribution is 0.542. The SMILES string of the molecule is CCCNC(C)c1cnnn1-c1ccccc1. The predicted octanol–water partition coefficient (Wildman–Crippen LogP) is 2.33. The van der Waals surface area contributed by atoms with E-state index in [1.165, 1.54) is 0 Å². The van der Waals surface area contributed by atoms with Gasteiger partial charge in [-0.1, -0.05) is 30.3 Å². The number of nitrogens with one attached hydrogen (secondary N) is 1. The zero-order chi connectivity index (χ0) is 12.1. The van der Waals surface area contributed by atoms with Crippen molar-refractivity contribution >= 4 is 0 Å². The zero-order valence-corrected chi connectivity index (χ0v) is 10.3. The summed E-state index contributed by atoms with van der Waals surface area (Å²) in [6.45, 7) is 5.29. The molecule has 1 unspecified atom stereocenters. The summed E-state index contributed by atoms with van der Waals surface area (Å²) in [7, 11) is 0. The van der Waals surface area contributed by atoms with Gasteiger partial charge < -0.3 is 5.32 Å². The molecule has 0 saturated carbocycles. The van der Waals surface area contributed by atoms with Crippen LogP contribution in [0.2, 0.25) is 0 Å². The monoisotopic (exact) mass is 230 g/mol. The Bertz CT molecular complexity index is 449. The summed E-state index contributed by atoms with van der Waals surface area (Å²) >= 11 is 0. The Morgan fingerprint density at radius 3 is 2.76 bits per heavy atom. The van der Waals surface area contributed by atoms with Crippen molar-refractivity contribution < 1.29 is 0 Å². The number of aromatic nitrogens is 3. The molecular formula is C13H18N4. The fraction of sp³-hybridized carbons (Fsp3) is 0.385. The lowest BCUT2D eigenvalue weighted by Crippen LogP contribution is -2.21. The first-order valence-corrected chi connectivity index (χ1v) is 6.02. The molecular weight excluding hydrogens is 212 g/mol. The smallest absolute Gasteiger partial charge is 0.0812 e. The summed E-state index contributed by atoms with van der Waals surface area (Å²) in [5, 5.41) is 11.6. The first kappa shape index (κ1) is 11.8. The Balaban J connectivity index is 2.23. The Kier molecular flexibility index (Phi) is 3.88.